The highest BCUT2D eigenvalue weighted by Crippen LogP contribution is 2.42. The molecule has 0 atom stereocenters. The summed E-state index contributed by atoms with van der Waals surface area (Å²) in [6, 6.07) is 2.69. The molecule has 10 nitrogen and oxygen atoms in total. The number of carbonyl (C=O) groups is 1. The average molecular weight is 524 g/mol. The Hall–Kier alpha value is -3.40. The van der Waals surface area contributed by atoms with Crippen molar-refractivity contribution < 1.29 is 14.1 Å². The monoisotopic (exact) mass is 523 g/mol. The molecule has 1 spiro atoms. The van der Waals surface area contributed by atoms with Crippen LogP contribution in [0.25, 0.3) is 11.4 Å². The number of hydrogen-bond donors (Lipinski definition) is 1. The minimum Gasteiger partial charge on any atom is -0.485 e. The Morgan fingerprint density at radius 2 is 1.79 bits per heavy atom. The summed E-state index contributed by atoms with van der Waals surface area (Å²) in [5.74, 6) is 1.61. The summed E-state index contributed by atoms with van der Waals surface area (Å²) in [5.41, 5.74) is 3.38. The summed E-state index contributed by atoms with van der Waals surface area (Å²) in [4.78, 5) is 28.1. The number of hydrogen-bond acceptors (Lipinski definition) is 10. The van der Waals surface area contributed by atoms with Crippen molar-refractivity contribution in [3.05, 3.63) is 41.7 Å². The lowest BCUT2D eigenvalue weighted by molar-refractivity contribution is -0.0980. The first kappa shape index (κ1) is 29.2. The van der Waals surface area contributed by atoms with Crippen molar-refractivity contribution in [2.24, 2.45) is 0 Å². The highest BCUT2D eigenvalue weighted by Gasteiger charge is 2.43. The van der Waals surface area contributed by atoms with Crippen LogP contribution < -0.4 is 15.0 Å². The van der Waals surface area contributed by atoms with Crippen LogP contribution in [0.15, 0.2) is 29.2 Å². The summed E-state index contributed by atoms with van der Waals surface area (Å²) >= 11 is 0. The van der Waals surface area contributed by atoms with Gasteiger partial charge in [0.25, 0.3) is 0 Å². The summed E-state index contributed by atoms with van der Waals surface area (Å²) in [5, 5.41) is 7.22. The topological polar surface area (TPSA) is 119 Å². The molecule has 0 aliphatic carbocycles. The lowest BCUT2D eigenvalue weighted by atomic mass is 9.87. The number of piperidine rings is 1. The number of pyridine rings is 1. The van der Waals surface area contributed by atoms with E-state index in [9.17, 15) is 0 Å². The van der Waals surface area contributed by atoms with Crippen molar-refractivity contribution in [1.29, 1.82) is 0 Å². The van der Waals surface area contributed by atoms with Crippen LogP contribution in [0.2, 0.25) is 0 Å². The number of fused-ring (bicyclic) bond motifs is 1. The quantitative estimate of drug-likeness (QED) is 0.484. The van der Waals surface area contributed by atoms with Gasteiger partial charge in [-0.05, 0) is 33.0 Å². The molecule has 10 heteroatoms. The number of ether oxygens (including phenoxy) is 1. The Morgan fingerprint density at radius 1 is 1.08 bits per heavy atom. The molecular weight excluding hydrogens is 482 g/mol. The van der Waals surface area contributed by atoms with E-state index in [4.69, 9.17) is 14.1 Å². The molecule has 206 valence electrons. The molecule has 0 radical (unpaired) electrons. The number of carbonyl (C=O) groups excluding carboxylic acids is 1. The number of nitrogens with one attached hydrogen (secondary N) is 1. The van der Waals surface area contributed by atoms with Crippen LogP contribution in [0.1, 0.15) is 70.5 Å². The largest absolute Gasteiger partial charge is 0.485 e. The number of anilines is 1. The molecule has 2 aliphatic rings. The normalized spacial score (nSPS) is 15.6. The molecule has 0 aromatic carbocycles. The molecule has 0 unspecified atom stereocenters. The first-order valence-corrected chi connectivity index (χ1v) is 13.2. The third-order valence-electron chi connectivity index (χ3n) is 6.64. The maximum atomic E-state index is 8.00. The van der Waals surface area contributed by atoms with Crippen LogP contribution in [0, 0.1) is 6.92 Å². The molecule has 1 saturated heterocycles. The van der Waals surface area contributed by atoms with Gasteiger partial charge in [-0.2, -0.15) is 4.98 Å². The van der Waals surface area contributed by atoms with E-state index in [0.717, 1.165) is 67.6 Å². The SMILES string of the molecule is C=O.CCCCNC.Cc1cnc(-c2cc3c(cn2)OC2(CCN(c4nc(C(C)(C)C)no4)CC2)C3)cn1. The second-order valence-corrected chi connectivity index (χ2v) is 10.8. The molecule has 3 aromatic rings. The standard InChI is InChI=1S/C22H26N6O2.C5H13N.CH2O/c1-14-11-24-17(12-23-14)16-9-15-10-22(29-18(15)13-25-16)5-7-28(8-6-22)20-26-19(27-30-20)21(2,3)4;1-3-4-5-6-2;1-2/h9,11-13H,5-8,10H2,1-4H3;6H,3-5H2,1-2H3;1H2. The molecule has 38 heavy (non-hydrogen) atoms. The van der Waals surface area contributed by atoms with Gasteiger partial charge in [0.2, 0.25) is 0 Å². The highest BCUT2D eigenvalue weighted by atomic mass is 16.5. The lowest BCUT2D eigenvalue weighted by Gasteiger charge is -2.37. The van der Waals surface area contributed by atoms with Crippen LogP contribution in [0.4, 0.5) is 6.01 Å². The molecule has 0 bridgehead atoms. The van der Waals surface area contributed by atoms with E-state index in [-0.39, 0.29) is 11.0 Å². The van der Waals surface area contributed by atoms with Gasteiger partial charge in [-0.1, -0.05) is 39.3 Å². The molecule has 0 amide bonds. The Kier molecular flexibility index (Phi) is 9.90. The predicted molar refractivity (Wildman–Crippen MR) is 147 cm³/mol. The minimum absolute atomic E-state index is 0.124. The van der Waals surface area contributed by atoms with Crippen molar-refractivity contribution in [3.63, 3.8) is 0 Å². The van der Waals surface area contributed by atoms with Gasteiger partial charge in [0, 0.05) is 49.5 Å². The minimum atomic E-state index is -0.190. The zero-order valence-electron chi connectivity index (χ0n) is 23.6. The van der Waals surface area contributed by atoms with Gasteiger partial charge in [-0.25, -0.2) is 0 Å². The van der Waals surface area contributed by atoms with E-state index in [1.165, 1.54) is 18.4 Å². The van der Waals surface area contributed by atoms with E-state index in [2.05, 4.69) is 69.1 Å². The highest BCUT2D eigenvalue weighted by molar-refractivity contribution is 5.57. The van der Waals surface area contributed by atoms with Gasteiger partial charge in [0.1, 0.15) is 23.8 Å². The second-order valence-electron chi connectivity index (χ2n) is 10.8. The first-order valence-electron chi connectivity index (χ1n) is 13.2. The van der Waals surface area contributed by atoms with Crippen molar-refractivity contribution >= 4 is 12.8 Å². The maximum absolute atomic E-state index is 8.00. The van der Waals surface area contributed by atoms with Crippen molar-refractivity contribution in [3.8, 4) is 17.1 Å². The smallest absolute Gasteiger partial charge is 0.324 e. The van der Waals surface area contributed by atoms with Crippen molar-refractivity contribution in [1.82, 2.24) is 30.4 Å². The number of rotatable bonds is 5. The molecule has 5 rings (SSSR count). The third-order valence-corrected chi connectivity index (χ3v) is 6.64. The fraction of sp³-hybridized carbons (Fsp3) is 0.571. The molecule has 1 N–H and O–H groups in total. The number of aromatic nitrogens is 5. The molecular formula is C28H41N7O3. The summed E-state index contributed by atoms with van der Waals surface area (Å²) < 4.78 is 11.9. The molecule has 1 fully saturated rings. The number of unbranched alkanes of at least 4 members (excludes halogenated alkanes) is 1. The van der Waals surface area contributed by atoms with Crippen molar-refractivity contribution in [2.45, 2.75) is 77.7 Å². The zero-order chi connectivity index (χ0) is 27.8. The lowest BCUT2D eigenvalue weighted by Crippen LogP contribution is -2.47. The number of nitrogens with zero attached hydrogens (tertiary/aromatic N) is 6. The van der Waals surface area contributed by atoms with E-state index in [0.29, 0.717) is 6.01 Å². The molecule has 0 saturated carbocycles. The fourth-order valence-corrected chi connectivity index (χ4v) is 4.38. The zero-order valence-corrected chi connectivity index (χ0v) is 23.6. The van der Waals surface area contributed by atoms with E-state index < -0.39 is 0 Å². The summed E-state index contributed by atoms with van der Waals surface area (Å²) in [6.45, 7) is 15.2. The van der Waals surface area contributed by atoms with Crippen LogP contribution in [-0.2, 0) is 16.6 Å². The van der Waals surface area contributed by atoms with Gasteiger partial charge in [-0.3, -0.25) is 15.0 Å². The Bertz CT molecular complexity index is 1150. The summed E-state index contributed by atoms with van der Waals surface area (Å²) in [7, 11) is 1.98. The van der Waals surface area contributed by atoms with Crippen LogP contribution in [0.3, 0.4) is 0 Å². The van der Waals surface area contributed by atoms with Gasteiger partial charge in [0.15, 0.2) is 5.82 Å². The Morgan fingerprint density at radius 3 is 2.34 bits per heavy atom. The van der Waals surface area contributed by atoms with Gasteiger partial charge in [-0.15, -0.1) is 0 Å². The van der Waals surface area contributed by atoms with Crippen LogP contribution >= 0.6 is 0 Å². The predicted octanol–water partition coefficient (Wildman–Crippen LogP) is 4.32. The third kappa shape index (κ3) is 7.12. The Balaban J connectivity index is 0.000000443. The molecule has 5 heterocycles. The van der Waals surface area contributed by atoms with Gasteiger partial charge in [0.05, 0.1) is 23.8 Å². The fourth-order valence-electron chi connectivity index (χ4n) is 4.38. The van der Waals surface area contributed by atoms with Crippen LogP contribution in [-0.4, -0.2) is 64.2 Å². The molecule has 3 aromatic heterocycles. The summed E-state index contributed by atoms with van der Waals surface area (Å²) in [6.07, 6.45) is 10.6. The molecule has 2 aliphatic heterocycles. The first-order chi connectivity index (χ1) is 18.2. The average Bonchev–Trinajstić information content (AvgIpc) is 3.55. The number of aryl methyl sites for hydroxylation is 1. The maximum Gasteiger partial charge on any atom is 0.324 e. The van der Waals surface area contributed by atoms with Crippen LogP contribution in [0.5, 0.6) is 5.75 Å². The second kappa shape index (κ2) is 12.9. The van der Waals surface area contributed by atoms with Crippen molar-refractivity contribution in [2.75, 3.05) is 31.6 Å². The van der Waals surface area contributed by atoms with E-state index in [1.807, 2.05) is 27.0 Å². The Labute approximate surface area is 225 Å². The van der Waals surface area contributed by atoms with E-state index >= 15 is 0 Å². The van der Waals surface area contributed by atoms with Gasteiger partial charge >= 0.3 is 6.01 Å². The van der Waals surface area contributed by atoms with E-state index in [1.54, 1.807) is 12.4 Å². The van der Waals surface area contributed by atoms with Gasteiger partial charge < -0.3 is 24.3 Å².